The zero-order valence-electron chi connectivity index (χ0n) is 13.9. The predicted octanol–water partition coefficient (Wildman–Crippen LogP) is 3.69. The highest BCUT2D eigenvalue weighted by Crippen LogP contribution is 2.62. The lowest BCUT2D eigenvalue weighted by atomic mass is 9.91. The largest absolute Gasteiger partial charge is 0.301 e. The van der Waals surface area contributed by atoms with Gasteiger partial charge >= 0.3 is 0 Å². The molecular formula is C17H20N2O3S3. The molecule has 2 heterocycles. The predicted molar refractivity (Wildman–Crippen MR) is 99.9 cm³/mol. The Bertz CT molecular complexity index is 882. The van der Waals surface area contributed by atoms with Gasteiger partial charge in [-0.15, -0.1) is 22.7 Å². The van der Waals surface area contributed by atoms with Crippen LogP contribution < -0.4 is 5.32 Å². The van der Waals surface area contributed by atoms with Crippen LogP contribution in [0.4, 0.5) is 5.13 Å². The highest BCUT2D eigenvalue weighted by atomic mass is 32.2. The topological polar surface area (TPSA) is 76.1 Å². The second-order valence-electron chi connectivity index (χ2n) is 7.04. The van der Waals surface area contributed by atoms with Gasteiger partial charge in [0.15, 0.2) is 15.0 Å². The maximum Gasteiger partial charge on any atom is 0.237 e. The Balaban J connectivity index is 1.67. The molecule has 2 aliphatic rings. The van der Waals surface area contributed by atoms with Gasteiger partial charge in [-0.2, -0.15) is 0 Å². The first-order valence-corrected chi connectivity index (χ1v) is 12.1. The number of hydrogen-bond acceptors (Lipinski definition) is 6. The fourth-order valence-electron chi connectivity index (χ4n) is 4.11. The average Bonchev–Trinajstić information content (AvgIpc) is 3.10. The summed E-state index contributed by atoms with van der Waals surface area (Å²) in [5, 5.41) is 7.04. The van der Waals surface area contributed by atoms with Crippen molar-refractivity contribution in [3.05, 3.63) is 27.9 Å². The van der Waals surface area contributed by atoms with E-state index in [1.54, 1.807) is 17.6 Å². The van der Waals surface area contributed by atoms with Gasteiger partial charge in [0.1, 0.15) is 0 Å². The van der Waals surface area contributed by atoms with Crippen LogP contribution in [0.5, 0.6) is 0 Å². The monoisotopic (exact) mass is 396 g/mol. The molecule has 0 saturated heterocycles. The Hall–Kier alpha value is -1.25. The molecule has 2 aromatic rings. The van der Waals surface area contributed by atoms with E-state index >= 15 is 0 Å². The number of rotatable bonds is 5. The summed E-state index contributed by atoms with van der Waals surface area (Å²) in [5.74, 6) is 0.827. The molecule has 0 bridgehead atoms. The number of nitrogens with one attached hydrogen (secondary N) is 1. The van der Waals surface area contributed by atoms with Crippen LogP contribution in [0.2, 0.25) is 0 Å². The second-order valence-corrected chi connectivity index (χ2v) is 10.9. The van der Waals surface area contributed by atoms with Gasteiger partial charge in [0, 0.05) is 28.1 Å². The molecule has 1 amide bonds. The zero-order valence-corrected chi connectivity index (χ0v) is 16.3. The fourth-order valence-corrected chi connectivity index (χ4v) is 6.93. The molecule has 0 spiro atoms. The van der Waals surface area contributed by atoms with Crippen molar-refractivity contribution in [1.29, 1.82) is 0 Å². The van der Waals surface area contributed by atoms with E-state index in [0.717, 1.165) is 11.3 Å². The third kappa shape index (κ3) is 3.04. The first kappa shape index (κ1) is 17.2. The van der Waals surface area contributed by atoms with Crippen LogP contribution in [0.25, 0.3) is 0 Å². The Morgan fingerprint density at radius 3 is 2.68 bits per heavy atom. The molecule has 5 nitrogen and oxygen atoms in total. The van der Waals surface area contributed by atoms with Crippen molar-refractivity contribution in [2.75, 3.05) is 11.6 Å². The maximum absolute atomic E-state index is 13.1. The number of sulfone groups is 1. The van der Waals surface area contributed by atoms with Crippen LogP contribution in [0.3, 0.4) is 0 Å². The summed E-state index contributed by atoms with van der Waals surface area (Å²) in [4.78, 5) is 18.5. The van der Waals surface area contributed by atoms with E-state index in [-0.39, 0.29) is 5.91 Å². The molecule has 2 atom stereocenters. The van der Waals surface area contributed by atoms with Crippen LogP contribution in [-0.4, -0.2) is 25.6 Å². The molecule has 2 aromatic heterocycles. The third-order valence-electron chi connectivity index (χ3n) is 5.48. The summed E-state index contributed by atoms with van der Waals surface area (Å²) in [5.41, 5.74) is -0.589. The molecule has 1 N–H and O–H groups in total. The van der Waals surface area contributed by atoms with Gasteiger partial charge in [-0.1, -0.05) is 25.7 Å². The highest BCUT2D eigenvalue weighted by molar-refractivity contribution is 7.90. The summed E-state index contributed by atoms with van der Waals surface area (Å²) < 4.78 is 23.7. The lowest BCUT2D eigenvalue weighted by Crippen LogP contribution is -2.30. The number of thiophene rings is 1. The molecule has 25 heavy (non-hydrogen) atoms. The van der Waals surface area contributed by atoms with Crippen molar-refractivity contribution in [3.8, 4) is 0 Å². The molecule has 134 valence electrons. The van der Waals surface area contributed by atoms with E-state index in [9.17, 15) is 13.2 Å². The minimum atomic E-state index is -3.26. The van der Waals surface area contributed by atoms with E-state index in [1.165, 1.54) is 54.6 Å². The highest BCUT2D eigenvalue weighted by Gasteiger charge is 2.64. The quantitative estimate of drug-likeness (QED) is 0.836. The average molecular weight is 397 g/mol. The van der Waals surface area contributed by atoms with E-state index in [2.05, 4.69) is 10.3 Å². The number of hydrogen-bond donors (Lipinski definition) is 1. The maximum atomic E-state index is 13.1. The van der Waals surface area contributed by atoms with Gasteiger partial charge in [0.2, 0.25) is 5.91 Å². The molecule has 0 radical (unpaired) electrons. The van der Waals surface area contributed by atoms with Gasteiger partial charge in [0.05, 0.1) is 10.3 Å². The first-order valence-electron chi connectivity index (χ1n) is 8.41. The second kappa shape index (κ2) is 6.17. The summed E-state index contributed by atoms with van der Waals surface area (Å²) in [6, 6.07) is 1.70. The Labute approximate surface area is 155 Å². The standard InChI is InChI=1S/C17H20N2O3S3/c1-25(21,22)12-8-14(24-10-12)17(9-13(17)11-4-2-3-5-11)15(20)19-16-18-6-7-23-16/h6-8,10-11,13H,2-5,9H2,1H3,(H,18,19,20). The zero-order chi connectivity index (χ0) is 17.7. The number of carbonyl (C=O) groups is 1. The smallest absolute Gasteiger partial charge is 0.237 e. The van der Waals surface area contributed by atoms with Gasteiger partial charge in [-0.3, -0.25) is 4.79 Å². The Kier molecular flexibility index (Phi) is 4.24. The molecule has 0 aliphatic heterocycles. The van der Waals surface area contributed by atoms with Crippen LogP contribution in [0.1, 0.15) is 37.0 Å². The van der Waals surface area contributed by atoms with Crippen molar-refractivity contribution in [3.63, 3.8) is 0 Å². The number of carbonyl (C=O) groups excluding carboxylic acids is 1. The summed E-state index contributed by atoms with van der Waals surface area (Å²) >= 11 is 2.79. The first-order chi connectivity index (χ1) is 11.9. The summed E-state index contributed by atoms with van der Waals surface area (Å²) in [6.07, 6.45) is 8.47. The normalized spacial score (nSPS) is 26.7. The van der Waals surface area contributed by atoms with Crippen molar-refractivity contribution < 1.29 is 13.2 Å². The minimum absolute atomic E-state index is 0.0405. The molecule has 2 aliphatic carbocycles. The number of anilines is 1. The van der Waals surface area contributed by atoms with Crippen molar-refractivity contribution in [2.24, 2.45) is 11.8 Å². The van der Waals surface area contributed by atoms with Gasteiger partial charge in [0.25, 0.3) is 0 Å². The van der Waals surface area contributed by atoms with Gasteiger partial charge in [-0.05, 0) is 24.3 Å². The Morgan fingerprint density at radius 2 is 2.08 bits per heavy atom. The third-order valence-corrected chi connectivity index (χ3v) is 8.52. The van der Waals surface area contributed by atoms with Crippen molar-refractivity contribution >= 4 is 43.5 Å². The number of aromatic nitrogens is 1. The van der Waals surface area contributed by atoms with Crippen molar-refractivity contribution in [1.82, 2.24) is 4.98 Å². The Morgan fingerprint density at radius 1 is 1.32 bits per heavy atom. The summed E-state index contributed by atoms with van der Waals surface area (Å²) in [7, 11) is -3.26. The van der Waals surface area contributed by atoms with Crippen LogP contribution in [0.15, 0.2) is 27.9 Å². The number of thiazole rings is 1. The summed E-state index contributed by atoms with van der Waals surface area (Å²) in [6.45, 7) is 0. The van der Waals surface area contributed by atoms with E-state index in [4.69, 9.17) is 0 Å². The number of nitrogens with zero attached hydrogens (tertiary/aromatic N) is 1. The lowest BCUT2D eigenvalue weighted by Gasteiger charge is -2.18. The molecule has 2 fully saturated rings. The van der Waals surface area contributed by atoms with Gasteiger partial charge in [-0.25, -0.2) is 13.4 Å². The SMILES string of the molecule is CS(=O)(=O)c1csc(C2(C(=O)Nc3nccs3)CC2C2CCCC2)c1. The van der Waals surface area contributed by atoms with Gasteiger partial charge < -0.3 is 5.32 Å². The van der Waals surface area contributed by atoms with E-state index in [1.807, 2.05) is 5.38 Å². The van der Waals surface area contributed by atoms with Crippen molar-refractivity contribution in [2.45, 2.75) is 42.4 Å². The van der Waals surface area contributed by atoms with E-state index in [0.29, 0.717) is 21.9 Å². The van der Waals surface area contributed by atoms with E-state index < -0.39 is 15.3 Å². The molecular weight excluding hydrogens is 376 g/mol. The van der Waals surface area contributed by atoms with Crippen LogP contribution in [0, 0.1) is 11.8 Å². The fraction of sp³-hybridized carbons (Fsp3) is 0.529. The molecule has 4 rings (SSSR count). The van der Waals surface area contributed by atoms with Crippen LogP contribution >= 0.6 is 22.7 Å². The lowest BCUT2D eigenvalue weighted by molar-refractivity contribution is -0.119. The molecule has 0 aromatic carbocycles. The molecule has 2 unspecified atom stereocenters. The minimum Gasteiger partial charge on any atom is -0.301 e. The number of amides is 1. The molecule has 2 saturated carbocycles. The molecule has 8 heteroatoms. The van der Waals surface area contributed by atoms with Crippen LogP contribution in [-0.2, 0) is 20.0 Å².